The summed E-state index contributed by atoms with van der Waals surface area (Å²) in [5.74, 6) is 0. The Morgan fingerprint density at radius 3 is 2.73 bits per heavy atom. The van der Waals surface area contributed by atoms with Gasteiger partial charge in [0.1, 0.15) is 0 Å². The molecule has 3 nitrogen and oxygen atoms in total. The van der Waals surface area contributed by atoms with Crippen LogP contribution in [-0.2, 0) is 0 Å². The Balaban J connectivity index is 1.82. The van der Waals surface area contributed by atoms with E-state index in [0.717, 1.165) is 26.2 Å². The number of rotatable bonds is 3. The van der Waals surface area contributed by atoms with Crippen molar-refractivity contribution in [3.8, 4) is 0 Å². The van der Waals surface area contributed by atoms with E-state index in [2.05, 4.69) is 16.4 Å². The van der Waals surface area contributed by atoms with Crippen LogP contribution in [0.5, 0.6) is 0 Å². The van der Waals surface area contributed by atoms with E-state index in [9.17, 15) is 0 Å². The monoisotopic (exact) mass is 208 g/mol. The predicted octanol–water partition coefficient (Wildman–Crippen LogP) is 0.904. The summed E-state index contributed by atoms with van der Waals surface area (Å²) in [4.78, 5) is 5.01. The number of piperidine rings is 1. The Hall–Kier alpha value is -0.380. The number of hydrogen-bond donors (Lipinski definition) is 0. The minimum Gasteiger partial charge on any atom is -0.295 e. The van der Waals surface area contributed by atoms with Crippen LogP contribution in [0.1, 0.15) is 19.3 Å². The maximum absolute atomic E-state index is 4.74. The van der Waals surface area contributed by atoms with Gasteiger partial charge < -0.3 is 0 Å². The number of hydrogen-bond acceptors (Lipinski definition) is 2. The second-order valence-electron chi connectivity index (χ2n) is 4.53. The lowest BCUT2D eigenvalue weighted by atomic mass is 10.1. The fourth-order valence-electron chi connectivity index (χ4n) is 2.52. The summed E-state index contributed by atoms with van der Waals surface area (Å²) in [6, 6.07) is 0. The lowest BCUT2D eigenvalue weighted by Gasteiger charge is -2.40. The van der Waals surface area contributed by atoms with E-state index >= 15 is 0 Å². The zero-order chi connectivity index (χ0) is 10.5. The molecule has 0 bridgehead atoms. The van der Waals surface area contributed by atoms with Crippen LogP contribution in [0.2, 0.25) is 0 Å². The van der Waals surface area contributed by atoms with E-state index in [1.165, 1.54) is 32.4 Å². The summed E-state index contributed by atoms with van der Waals surface area (Å²) >= 11 is 0. The maximum Gasteiger partial charge on any atom is 0.0890 e. The molecule has 2 aliphatic rings. The molecule has 0 aromatic carbocycles. The molecular formula is C12H22N3. The van der Waals surface area contributed by atoms with Gasteiger partial charge in [0.15, 0.2) is 0 Å². The number of likely N-dealkylation sites (tertiary alicyclic amines) is 1. The van der Waals surface area contributed by atoms with Gasteiger partial charge in [-0.2, -0.15) is 0 Å². The van der Waals surface area contributed by atoms with Crippen LogP contribution in [0.3, 0.4) is 0 Å². The molecule has 2 saturated heterocycles. The van der Waals surface area contributed by atoms with Crippen LogP contribution >= 0.6 is 0 Å². The van der Waals surface area contributed by atoms with Gasteiger partial charge in [0.05, 0.1) is 6.17 Å². The highest BCUT2D eigenvalue weighted by Crippen LogP contribution is 2.14. The van der Waals surface area contributed by atoms with Crippen molar-refractivity contribution in [1.29, 1.82) is 0 Å². The van der Waals surface area contributed by atoms with Gasteiger partial charge in [0.25, 0.3) is 0 Å². The van der Waals surface area contributed by atoms with E-state index in [1.807, 2.05) is 6.08 Å². The van der Waals surface area contributed by atoms with Crippen molar-refractivity contribution in [1.82, 2.24) is 15.1 Å². The molecule has 0 aliphatic carbocycles. The van der Waals surface area contributed by atoms with Crippen LogP contribution in [0.4, 0.5) is 0 Å². The van der Waals surface area contributed by atoms with Crippen LogP contribution in [0.15, 0.2) is 12.7 Å². The normalized spacial score (nSPS) is 30.3. The molecule has 0 aromatic heterocycles. The predicted molar refractivity (Wildman–Crippen MR) is 62.9 cm³/mol. The van der Waals surface area contributed by atoms with Gasteiger partial charge in [-0.1, -0.05) is 12.5 Å². The van der Waals surface area contributed by atoms with Crippen molar-refractivity contribution in [2.75, 3.05) is 39.3 Å². The molecule has 1 unspecified atom stereocenters. The van der Waals surface area contributed by atoms with E-state index in [-0.39, 0.29) is 0 Å². The van der Waals surface area contributed by atoms with Crippen molar-refractivity contribution in [3.05, 3.63) is 12.7 Å². The smallest absolute Gasteiger partial charge is 0.0890 e. The van der Waals surface area contributed by atoms with Crippen molar-refractivity contribution >= 4 is 0 Å². The standard InChI is InChI=1S/C12H22N3/c1-2-7-14-10-6-13-12(11-14)15-8-4-3-5-9-15/h2,12H,1,3-11H2. The van der Waals surface area contributed by atoms with Crippen molar-refractivity contribution in [3.63, 3.8) is 0 Å². The molecule has 0 aromatic rings. The lowest BCUT2D eigenvalue weighted by Crippen LogP contribution is -2.56. The van der Waals surface area contributed by atoms with Crippen LogP contribution in [-0.4, -0.2) is 55.2 Å². The molecule has 0 saturated carbocycles. The summed E-state index contributed by atoms with van der Waals surface area (Å²) < 4.78 is 0. The Morgan fingerprint density at radius 1 is 1.20 bits per heavy atom. The summed E-state index contributed by atoms with van der Waals surface area (Å²) in [6.45, 7) is 10.5. The first-order chi connectivity index (χ1) is 7.40. The summed E-state index contributed by atoms with van der Waals surface area (Å²) in [6.07, 6.45) is 6.57. The Morgan fingerprint density at radius 2 is 2.00 bits per heavy atom. The molecule has 2 rings (SSSR count). The summed E-state index contributed by atoms with van der Waals surface area (Å²) in [5.41, 5.74) is 0. The number of nitrogens with zero attached hydrogens (tertiary/aromatic N) is 3. The van der Waals surface area contributed by atoms with Gasteiger partial charge in [-0.05, 0) is 25.9 Å². The van der Waals surface area contributed by atoms with Crippen molar-refractivity contribution in [2.45, 2.75) is 25.4 Å². The quantitative estimate of drug-likeness (QED) is 0.643. The van der Waals surface area contributed by atoms with E-state index < -0.39 is 0 Å². The number of piperazine rings is 1. The van der Waals surface area contributed by atoms with Crippen molar-refractivity contribution in [2.24, 2.45) is 0 Å². The van der Waals surface area contributed by atoms with Gasteiger partial charge in [0.2, 0.25) is 0 Å². The highest BCUT2D eigenvalue weighted by atomic mass is 15.3. The third-order valence-electron chi connectivity index (χ3n) is 3.38. The van der Waals surface area contributed by atoms with E-state index in [1.54, 1.807) is 0 Å². The molecule has 85 valence electrons. The molecule has 0 N–H and O–H groups in total. The molecule has 2 aliphatic heterocycles. The van der Waals surface area contributed by atoms with Gasteiger partial charge in [-0.15, -0.1) is 6.58 Å². The minimum absolute atomic E-state index is 0.457. The maximum atomic E-state index is 4.74. The molecule has 3 heteroatoms. The van der Waals surface area contributed by atoms with Gasteiger partial charge in [-0.3, -0.25) is 9.80 Å². The zero-order valence-electron chi connectivity index (χ0n) is 9.57. The largest absolute Gasteiger partial charge is 0.295 e. The second kappa shape index (κ2) is 5.64. The average Bonchev–Trinajstić information content (AvgIpc) is 2.31. The third-order valence-corrected chi connectivity index (χ3v) is 3.38. The molecule has 1 radical (unpaired) electrons. The first kappa shape index (κ1) is 11.1. The lowest BCUT2D eigenvalue weighted by molar-refractivity contribution is 0.0716. The third kappa shape index (κ3) is 3.03. The topological polar surface area (TPSA) is 20.6 Å². The van der Waals surface area contributed by atoms with Crippen LogP contribution < -0.4 is 5.32 Å². The fraction of sp³-hybridized carbons (Fsp3) is 0.833. The molecule has 0 amide bonds. The molecular weight excluding hydrogens is 186 g/mol. The molecule has 2 fully saturated rings. The first-order valence-corrected chi connectivity index (χ1v) is 6.14. The molecule has 1 atom stereocenters. The van der Waals surface area contributed by atoms with Gasteiger partial charge in [-0.25, -0.2) is 5.32 Å². The molecule has 15 heavy (non-hydrogen) atoms. The second-order valence-corrected chi connectivity index (χ2v) is 4.53. The Bertz CT molecular complexity index is 199. The minimum atomic E-state index is 0.457. The Kier molecular flexibility index (Phi) is 4.18. The van der Waals surface area contributed by atoms with Crippen molar-refractivity contribution < 1.29 is 0 Å². The average molecular weight is 208 g/mol. The highest BCUT2D eigenvalue weighted by Gasteiger charge is 2.25. The Labute approximate surface area is 93.1 Å². The van der Waals surface area contributed by atoms with Crippen LogP contribution in [0, 0.1) is 0 Å². The summed E-state index contributed by atoms with van der Waals surface area (Å²) in [5, 5.41) is 4.74. The summed E-state index contributed by atoms with van der Waals surface area (Å²) in [7, 11) is 0. The first-order valence-electron chi connectivity index (χ1n) is 6.14. The SMILES string of the molecule is C=CCN1CC[N]C(N2CCCCC2)C1. The zero-order valence-corrected chi connectivity index (χ0v) is 9.57. The molecule has 2 heterocycles. The van der Waals surface area contributed by atoms with Gasteiger partial charge in [0, 0.05) is 26.2 Å². The van der Waals surface area contributed by atoms with E-state index in [4.69, 9.17) is 5.32 Å². The molecule has 0 spiro atoms. The van der Waals surface area contributed by atoms with Crippen LogP contribution in [0.25, 0.3) is 0 Å². The van der Waals surface area contributed by atoms with E-state index in [0.29, 0.717) is 6.17 Å². The highest BCUT2D eigenvalue weighted by molar-refractivity contribution is 4.84. The fourth-order valence-corrected chi connectivity index (χ4v) is 2.52. The van der Waals surface area contributed by atoms with Gasteiger partial charge >= 0.3 is 0 Å².